The highest BCUT2D eigenvalue weighted by atomic mass is 15.0. The molecule has 0 aliphatic heterocycles. The zero-order valence-corrected chi connectivity index (χ0v) is 62.8. The highest BCUT2D eigenvalue weighted by molar-refractivity contribution is 5.67. The number of hydrogen-bond donors (Lipinski definition) is 6. The highest BCUT2D eigenvalue weighted by Crippen LogP contribution is 2.40. The van der Waals surface area contributed by atoms with E-state index in [9.17, 15) is 0 Å². The van der Waals surface area contributed by atoms with Crippen LogP contribution in [0, 0.1) is 0 Å². The van der Waals surface area contributed by atoms with Gasteiger partial charge >= 0.3 is 0 Å². The fraction of sp³-hybridized carbons (Fsp3) is 0.571. The average molecular weight is 1230 g/mol. The van der Waals surface area contributed by atoms with Gasteiger partial charge in [-0.2, -0.15) is 0 Å². The maximum Gasteiger partial charge on any atom is 0.0432 e. The van der Waals surface area contributed by atoms with Crippen molar-refractivity contribution in [3.8, 4) is 0 Å². The summed E-state index contributed by atoms with van der Waals surface area (Å²) >= 11 is 0. The molecule has 6 aromatic carbocycles. The molecule has 0 heterocycles. The van der Waals surface area contributed by atoms with Crippen LogP contribution in [0.5, 0.6) is 0 Å². The summed E-state index contributed by atoms with van der Waals surface area (Å²) < 4.78 is 0. The lowest BCUT2D eigenvalue weighted by molar-refractivity contribution is 0.667. The zero-order valence-electron chi connectivity index (χ0n) is 62.8. The largest absolute Gasteiger partial charge is 0.380 e. The van der Waals surface area contributed by atoms with Gasteiger partial charge in [0.2, 0.25) is 0 Å². The second-order valence-electron chi connectivity index (χ2n) is 30.3. The van der Waals surface area contributed by atoms with Crippen LogP contribution >= 0.6 is 0 Å². The summed E-state index contributed by atoms with van der Waals surface area (Å²) in [5.41, 5.74) is 24.8. The van der Waals surface area contributed by atoms with Crippen molar-refractivity contribution in [3.05, 3.63) is 176 Å². The van der Waals surface area contributed by atoms with Gasteiger partial charge < -0.3 is 31.9 Å². The fourth-order valence-corrected chi connectivity index (χ4v) is 12.4. The summed E-state index contributed by atoms with van der Waals surface area (Å²) in [5.74, 6) is 5.95. The van der Waals surface area contributed by atoms with E-state index in [2.05, 4.69) is 349 Å². The second-order valence-corrected chi connectivity index (χ2v) is 30.3. The lowest BCUT2D eigenvalue weighted by atomic mass is 9.91. The standard InChI is InChI=1S/3C28H44N2/c3*1-17(2)23-13-11-14-24(18(3)4)27(23)29-21(9)22(10)30-28-25(19(5)6)15-12-16-26(28)20(7)8/h3*11-22,29-30H,1-10H3/t21-,22+;2*21-,22-/m.10/s1. The van der Waals surface area contributed by atoms with Gasteiger partial charge in [-0.15, -0.1) is 0 Å². The number of para-hydroxylation sites is 6. The maximum atomic E-state index is 3.90. The lowest BCUT2D eigenvalue weighted by Gasteiger charge is -2.31. The number of anilines is 6. The predicted molar refractivity (Wildman–Crippen MR) is 406 cm³/mol. The van der Waals surface area contributed by atoms with Crippen molar-refractivity contribution >= 4 is 34.1 Å². The van der Waals surface area contributed by atoms with Crippen LogP contribution in [0.4, 0.5) is 34.1 Å². The predicted octanol–water partition coefficient (Wildman–Crippen LogP) is 25.4. The fourth-order valence-electron chi connectivity index (χ4n) is 12.4. The molecule has 6 atom stereocenters. The first-order chi connectivity index (χ1) is 42.1. The van der Waals surface area contributed by atoms with Gasteiger partial charge in [-0.05, 0) is 179 Å². The Kier molecular flexibility index (Phi) is 30.0. The van der Waals surface area contributed by atoms with Crippen molar-refractivity contribution in [1.82, 2.24) is 0 Å². The van der Waals surface area contributed by atoms with Gasteiger partial charge in [0.15, 0.2) is 0 Å². The Balaban J connectivity index is 0.000000288. The Morgan fingerprint density at radius 2 is 0.222 bits per heavy atom. The first kappa shape index (κ1) is 76.6. The smallest absolute Gasteiger partial charge is 0.0432 e. The van der Waals surface area contributed by atoms with Gasteiger partial charge in [-0.1, -0.05) is 275 Å². The molecule has 0 saturated heterocycles. The number of nitrogens with one attached hydrogen (secondary N) is 6. The first-order valence-corrected chi connectivity index (χ1v) is 35.5. The molecule has 6 rings (SSSR count). The van der Waals surface area contributed by atoms with Crippen LogP contribution in [0.2, 0.25) is 0 Å². The first-order valence-electron chi connectivity index (χ1n) is 35.5. The van der Waals surface area contributed by atoms with Gasteiger partial charge in [0, 0.05) is 70.4 Å². The van der Waals surface area contributed by atoms with Crippen molar-refractivity contribution in [2.75, 3.05) is 31.9 Å². The van der Waals surface area contributed by atoms with Crippen LogP contribution in [-0.4, -0.2) is 36.3 Å². The molecular weight excluding hydrogens is 1090 g/mol. The van der Waals surface area contributed by atoms with Gasteiger partial charge in [0.05, 0.1) is 0 Å². The number of hydrogen-bond acceptors (Lipinski definition) is 6. The minimum atomic E-state index is 0.294. The molecule has 0 fully saturated rings. The molecule has 0 spiro atoms. The molecule has 0 aliphatic carbocycles. The molecule has 0 aliphatic rings. The van der Waals surface area contributed by atoms with E-state index in [0.717, 1.165) is 0 Å². The minimum Gasteiger partial charge on any atom is -0.380 e. The Morgan fingerprint density at radius 1 is 0.144 bits per heavy atom. The molecule has 0 amide bonds. The third kappa shape index (κ3) is 20.6. The van der Waals surface area contributed by atoms with Crippen molar-refractivity contribution in [2.45, 2.75) is 315 Å². The molecule has 6 nitrogen and oxygen atoms in total. The lowest BCUT2D eigenvalue weighted by Crippen LogP contribution is -2.36. The molecule has 6 N–H and O–H groups in total. The summed E-state index contributed by atoms with van der Waals surface area (Å²) in [7, 11) is 0. The molecule has 0 bridgehead atoms. The molecule has 498 valence electrons. The minimum absolute atomic E-state index is 0.294. The van der Waals surface area contributed by atoms with E-state index >= 15 is 0 Å². The summed E-state index contributed by atoms with van der Waals surface area (Å²) in [6, 6.07) is 42.3. The van der Waals surface area contributed by atoms with E-state index < -0.39 is 0 Å². The molecule has 0 aromatic heterocycles. The average Bonchev–Trinajstić information content (AvgIpc) is 1.13. The third-order valence-corrected chi connectivity index (χ3v) is 18.7. The Morgan fingerprint density at radius 3 is 0.289 bits per heavy atom. The van der Waals surface area contributed by atoms with Crippen LogP contribution in [0.1, 0.15) is 345 Å². The monoisotopic (exact) mass is 1230 g/mol. The van der Waals surface area contributed by atoms with Crippen molar-refractivity contribution in [3.63, 3.8) is 0 Å². The van der Waals surface area contributed by atoms with Crippen LogP contribution in [0.25, 0.3) is 0 Å². The van der Waals surface area contributed by atoms with Gasteiger partial charge in [0.1, 0.15) is 0 Å². The van der Waals surface area contributed by atoms with E-state index in [1.165, 1.54) is 101 Å². The van der Waals surface area contributed by atoms with Crippen LogP contribution < -0.4 is 31.9 Å². The van der Waals surface area contributed by atoms with Gasteiger partial charge in [0.25, 0.3) is 0 Å². The van der Waals surface area contributed by atoms with Gasteiger partial charge in [-0.25, -0.2) is 0 Å². The van der Waals surface area contributed by atoms with E-state index in [0.29, 0.717) is 107 Å². The summed E-state index contributed by atoms with van der Waals surface area (Å²) in [6.07, 6.45) is 0. The quantitative estimate of drug-likeness (QED) is 0.0309. The van der Waals surface area contributed by atoms with Crippen LogP contribution in [-0.2, 0) is 0 Å². The Bertz CT molecular complexity index is 2420. The van der Waals surface area contributed by atoms with Gasteiger partial charge in [-0.3, -0.25) is 0 Å². The van der Waals surface area contributed by atoms with E-state index in [4.69, 9.17) is 0 Å². The van der Waals surface area contributed by atoms with E-state index in [-0.39, 0.29) is 0 Å². The Hall–Kier alpha value is -5.88. The highest BCUT2D eigenvalue weighted by Gasteiger charge is 2.26. The number of benzene rings is 6. The summed E-state index contributed by atoms with van der Waals surface area (Å²) in [5, 5.41) is 23.4. The van der Waals surface area contributed by atoms with Crippen LogP contribution in [0.15, 0.2) is 109 Å². The Labute approximate surface area is 554 Å². The van der Waals surface area contributed by atoms with E-state index in [1.807, 2.05) is 0 Å². The summed E-state index contributed by atoms with van der Waals surface area (Å²) in [6.45, 7) is 68.6. The SMILES string of the molecule is CC(C)c1cccc(C(C)C)c1N[C@@H](C)[C@@H](C)Nc1c(C(C)C)cccc1C(C)C.CC(C)c1cccc(C(C)C)c1N[C@@H](C)[C@H](C)Nc1c(C(C)C)cccc1C(C)C.CC(C)c1cccc(C(C)C)c1N[C@H](C)[C@@H](C)Nc1c(C(C)C)cccc1C(C)C. The molecule has 90 heavy (non-hydrogen) atoms. The van der Waals surface area contributed by atoms with Crippen LogP contribution in [0.3, 0.4) is 0 Å². The third-order valence-electron chi connectivity index (χ3n) is 18.7. The van der Waals surface area contributed by atoms with E-state index in [1.54, 1.807) is 0 Å². The summed E-state index contributed by atoms with van der Waals surface area (Å²) in [4.78, 5) is 0. The second kappa shape index (κ2) is 35.2. The van der Waals surface area contributed by atoms with Crippen molar-refractivity contribution in [1.29, 1.82) is 0 Å². The molecule has 6 heteroatoms. The zero-order chi connectivity index (χ0) is 67.8. The molecule has 0 unspecified atom stereocenters. The topological polar surface area (TPSA) is 72.2 Å². The maximum absolute atomic E-state index is 3.90. The number of rotatable bonds is 27. The normalized spacial score (nSPS) is 13.9. The molecular formula is C84H132N6. The van der Waals surface area contributed by atoms with Crippen molar-refractivity contribution in [2.24, 2.45) is 0 Å². The molecule has 0 saturated carbocycles. The van der Waals surface area contributed by atoms with Crippen molar-refractivity contribution < 1.29 is 0 Å². The molecule has 6 aromatic rings. The molecule has 0 radical (unpaired) electrons.